The molecule has 0 saturated heterocycles. The highest BCUT2D eigenvalue weighted by molar-refractivity contribution is 14.1. The number of carbonyl (C=O) groups is 1. The van der Waals surface area contributed by atoms with Crippen LogP contribution in [0.1, 0.15) is 12.5 Å². The van der Waals surface area contributed by atoms with Crippen LogP contribution in [-0.4, -0.2) is 17.1 Å². The van der Waals surface area contributed by atoms with Crippen molar-refractivity contribution in [2.45, 2.75) is 20.0 Å². The molecule has 4 nitrogen and oxygen atoms in total. The first-order chi connectivity index (χ1) is 11.8. The lowest BCUT2D eigenvalue weighted by molar-refractivity contribution is -0.125. The molecule has 0 saturated carbocycles. The summed E-state index contributed by atoms with van der Waals surface area (Å²) < 4.78 is 6.68. The van der Waals surface area contributed by atoms with Crippen LogP contribution >= 0.6 is 58.0 Å². The standard InChI is InChI=1S/C17H15Cl2IN2O2S/c1-9-7-12(20)4-5-14(9)21-17(25)22-16(23)10(2)24-15-6-3-11(18)8-13(15)19/h3-8,10H,1-2H3,(H2,21,22,23,25). The van der Waals surface area contributed by atoms with Gasteiger partial charge in [0, 0.05) is 14.3 Å². The molecule has 0 radical (unpaired) electrons. The van der Waals surface area contributed by atoms with E-state index < -0.39 is 6.10 Å². The van der Waals surface area contributed by atoms with Crippen molar-refractivity contribution in [3.8, 4) is 5.75 Å². The van der Waals surface area contributed by atoms with Crippen LogP contribution in [0.5, 0.6) is 5.75 Å². The molecule has 2 rings (SSSR count). The van der Waals surface area contributed by atoms with E-state index >= 15 is 0 Å². The quantitative estimate of drug-likeness (QED) is 0.441. The number of amides is 1. The van der Waals surface area contributed by atoms with E-state index in [2.05, 4.69) is 33.2 Å². The van der Waals surface area contributed by atoms with E-state index in [1.54, 1.807) is 25.1 Å². The van der Waals surface area contributed by atoms with Gasteiger partial charge in [0.15, 0.2) is 11.2 Å². The number of hydrogen-bond acceptors (Lipinski definition) is 3. The minimum absolute atomic E-state index is 0.201. The molecule has 2 aromatic rings. The maximum Gasteiger partial charge on any atom is 0.266 e. The predicted octanol–water partition coefficient (Wildman–Crippen LogP) is 5.19. The molecular weight excluding hydrogens is 494 g/mol. The monoisotopic (exact) mass is 508 g/mol. The molecule has 25 heavy (non-hydrogen) atoms. The van der Waals surface area contributed by atoms with Crippen molar-refractivity contribution in [1.82, 2.24) is 5.32 Å². The number of hydrogen-bond donors (Lipinski definition) is 2. The van der Waals surface area contributed by atoms with Gasteiger partial charge in [0.25, 0.3) is 5.91 Å². The second-order valence-corrected chi connectivity index (χ2v) is 7.73. The second kappa shape index (κ2) is 9.02. The van der Waals surface area contributed by atoms with Crippen LogP contribution < -0.4 is 15.4 Å². The van der Waals surface area contributed by atoms with Crippen LogP contribution in [0.25, 0.3) is 0 Å². The van der Waals surface area contributed by atoms with Crippen LogP contribution in [0.15, 0.2) is 36.4 Å². The van der Waals surface area contributed by atoms with Gasteiger partial charge in [-0.3, -0.25) is 10.1 Å². The Morgan fingerprint density at radius 3 is 2.60 bits per heavy atom. The Morgan fingerprint density at radius 1 is 1.24 bits per heavy atom. The van der Waals surface area contributed by atoms with Gasteiger partial charge in [0.2, 0.25) is 0 Å². The van der Waals surface area contributed by atoms with Gasteiger partial charge in [-0.1, -0.05) is 23.2 Å². The van der Waals surface area contributed by atoms with Crippen LogP contribution in [-0.2, 0) is 4.79 Å². The molecule has 1 unspecified atom stereocenters. The van der Waals surface area contributed by atoms with Crippen LogP contribution in [0, 0.1) is 10.5 Å². The fourth-order valence-corrected chi connectivity index (χ4v) is 3.26. The molecule has 8 heteroatoms. The van der Waals surface area contributed by atoms with Crippen LogP contribution in [0.4, 0.5) is 5.69 Å². The Balaban J connectivity index is 1.94. The molecule has 0 aliphatic heterocycles. The molecule has 0 aliphatic carbocycles. The maximum atomic E-state index is 12.2. The highest BCUT2D eigenvalue weighted by Gasteiger charge is 2.17. The number of benzene rings is 2. The maximum absolute atomic E-state index is 12.2. The number of nitrogens with one attached hydrogen (secondary N) is 2. The van der Waals surface area contributed by atoms with E-state index in [1.807, 2.05) is 25.1 Å². The third-order valence-electron chi connectivity index (χ3n) is 3.24. The highest BCUT2D eigenvalue weighted by atomic mass is 127. The number of carbonyl (C=O) groups excluding carboxylic acids is 1. The Kier molecular flexibility index (Phi) is 7.30. The van der Waals surface area contributed by atoms with Crippen LogP contribution in [0.2, 0.25) is 10.0 Å². The Labute approximate surface area is 175 Å². The van der Waals surface area contributed by atoms with E-state index in [0.29, 0.717) is 15.8 Å². The summed E-state index contributed by atoms with van der Waals surface area (Å²) in [5.74, 6) is -0.00671. The van der Waals surface area contributed by atoms with Crippen molar-refractivity contribution in [3.05, 3.63) is 55.6 Å². The zero-order valence-corrected chi connectivity index (χ0v) is 17.9. The van der Waals surface area contributed by atoms with E-state index in [1.165, 1.54) is 0 Å². The Morgan fingerprint density at radius 2 is 1.96 bits per heavy atom. The second-order valence-electron chi connectivity index (χ2n) is 5.24. The van der Waals surface area contributed by atoms with Crippen molar-refractivity contribution >= 4 is 74.7 Å². The first-order valence-electron chi connectivity index (χ1n) is 7.26. The van der Waals surface area contributed by atoms with E-state index in [9.17, 15) is 4.79 Å². The summed E-state index contributed by atoms with van der Waals surface area (Å²) in [6.07, 6.45) is -0.781. The fraction of sp³-hybridized carbons (Fsp3) is 0.176. The number of aryl methyl sites for hydroxylation is 1. The lowest BCUT2D eigenvalue weighted by Crippen LogP contribution is -2.42. The molecule has 132 valence electrons. The molecule has 0 fully saturated rings. The summed E-state index contributed by atoms with van der Waals surface area (Å²) in [4.78, 5) is 12.2. The molecule has 1 atom stereocenters. The number of halogens is 3. The molecule has 0 aliphatic rings. The van der Waals surface area contributed by atoms with Gasteiger partial charge in [0.1, 0.15) is 5.75 Å². The number of anilines is 1. The molecule has 0 heterocycles. The molecule has 2 aromatic carbocycles. The summed E-state index contributed by atoms with van der Waals surface area (Å²) >= 11 is 19.3. The van der Waals surface area contributed by atoms with Crippen LogP contribution in [0.3, 0.4) is 0 Å². The average molecular weight is 509 g/mol. The van der Waals surface area contributed by atoms with Gasteiger partial charge in [-0.25, -0.2) is 0 Å². The Hall–Kier alpha value is -1.09. The molecule has 0 aromatic heterocycles. The van der Waals surface area contributed by atoms with Gasteiger partial charge in [-0.15, -0.1) is 0 Å². The van der Waals surface area contributed by atoms with Gasteiger partial charge in [-0.05, 0) is 90.6 Å². The third kappa shape index (κ3) is 5.99. The lowest BCUT2D eigenvalue weighted by atomic mass is 10.2. The van der Waals surface area contributed by atoms with Gasteiger partial charge in [0.05, 0.1) is 5.02 Å². The average Bonchev–Trinajstić information content (AvgIpc) is 2.52. The molecular formula is C17H15Cl2IN2O2S. The largest absolute Gasteiger partial charge is 0.479 e. The number of rotatable bonds is 4. The van der Waals surface area contributed by atoms with Gasteiger partial charge < -0.3 is 10.1 Å². The zero-order valence-electron chi connectivity index (χ0n) is 13.4. The van der Waals surface area contributed by atoms with Crippen molar-refractivity contribution in [2.75, 3.05) is 5.32 Å². The van der Waals surface area contributed by atoms with Gasteiger partial charge in [-0.2, -0.15) is 0 Å². The summed E-state index contributed by atoms with van der Waals surface area (Å²) in [6, 6.07) is 10.7. The van der Waals surface area contributed by atoms with E-state index in [0.717, 1.165) is 14.8 Å². The molecule has 2 N–H and O–H groups in total. The topological polar surface area (TPSA) is 50.4 Å². The highest BCUT2D eigenvalue weighted by Crippen LogP contribution is 2.28. The Bertz CT molecular complexity index is 817. The first kappa shape index (κ1) is 20.2. The normalized spacial score (nSPS) is 11.6. The van der Waals surface area contributed by atoms with E-state index in [-0.39, 0.29) is 11.0 Å². The SMILES string of the molecule is Cc1cc(I)ccc1NC(=S)NC(=O)C(C)Oc1ccc(Cl)cc1Cl. The number of ether oxygens (including phenoxy) is 1. The first-order valence-corrected chi connectivity index (χ1v) is 9.50. The lowest BCUT2D eigenvalue weighted by Gasteiger charge is -2.17. The smallest absolute Gasteiger partial charge is 0.266 e. The number of thiocarbonyl (C=S) groups is 1. The summed E-state index contributed by atoms with van der Waals surface area (Å²) in [6.45, 7) is 3.57. The summed E-state index contributed by atoms with van der Waals surface area (Å²) in [5, 5.41) is 6.64. The van der Waals surface area contributed by atoms with E-state index in [4.69, 9.17) is 40.2 Å². The van der Waals surface area contributed by atoms with Crippen molar-refractivity contribution < 1.29 is 9.53 Å². The summed E-state index contributed by atoms with van der Waals surface area (Å²) in [7, 11) is 0. The van der Waals surface area contributed by atoms with Crippen molar-refractivity contribution in [3.63, 3.8) is 0 Å². The predicted molar refractivity (Wildman–Crippen MR) is 115 cm³/mol. The molecule has 0 bridgehead atoms. The molecule has 0 spiro atoms. The summed E-state index contributed by atoms with van der Waals surface area (Å²) in [5.41, 5.74) is 1.86. The minimum Gasteiger partial charge on any atom is -0.479 e. The zero-order chi connectivity index (χ0) is 18.6. The molecule has 1 amide bonds. The minimum atomic E-state index is -0.781. The van der Waals surface area contributed by atoms with Crippen molar-refractivity contribution in [2.24, 2.45) is 0 Å². The van der Waals surface area contributed by atoms with Gasteiger partial charge >= 0.3 is 0 Å². The fourth-order valence-electron chi connectivity index (χ4n) is 1.95. The van der Waals surface area contributed by atoms with Crippen molar-refractivity contribution in [1.29, 1.82) is 0 Å². The third-order valence-corrected chi connectivity index (χ3v) is 4.65.